The third-order valence-corrected chi connectivity index (χ3v) is 4.74. The molecule has 0 saturated carbocycles. The molecular formula is C14H21BrN2O3S. The predicted octanol–water partition coefficient (Wildman–Crippen LogP) is 2.71. The Bertz CT molecular complexity index is 629. The first-order valence-electron chi connectivity index (χ1n) is 6.80. The van der Waals surface area contributed by atoms with E-state index in [1.807, 2.05) is 6.92 Å². The Morgan fingerprint density at radius 2 is 2.05 bits per heavy atom. The number of carbonyl (C=O) groups is 1. The van der Waals surface area contributed by atoms with Crippen molar-refractivity contribution < 1.29 is 13.2 Å². The number of benzene rings is 1. The summed E-state index contributed by atoms with van der Waals surface area (Å²) in [5.74, 6) is -0.290. The monoisotopic (exact) mass is 376 g/mol. The zero-order chi connectivity index (χ0) is 16.2. The van der Waals surface area contributed by atoms with E-state index in [2.05, 4.69) is 28.2 Å². The van der Waals surface area contributed by atoms with Gasteiger partial charge in [-0.05, 0) is 38.0 Å². The van der Waals surface area contributed by atoms with Crippen LogP contribution in [0.25, 0.3) is 0 Å². The minimum absolute atomic E-state index is 0.0359. The number of carbonyl (C=O) groups excluding carboxylic acids is 1. The van der Waals surface area contributed by atoms with Crippen molar-refractivity contribution >= 4 is 31.9 Å². The molecule has 0 aliphatic heterocycles. The maximum absolute atomic E-state index is 12.3. The van der Waals surface area contributed by atoms with Crippen LogP contribution in [0, 0.1) is 6.92 Å². The van der Waals surface area contributed by atoms with Crippen LogP contribution in [0.2, 0.25) is 0 Å². The first-order chi connectivity index (χ1) is 9.66. The van der Waals surface area contributed by atoms with E-state index in [4.69, 9.17) is 5.14 Å². The average molecular weight is 377 g/mol. The lowest BCUT2D eigenvalue weighted by molar-refractivity contribution is 0.0937. The minimum Gasteiger partial charge on any atom is -0.350 e. The highest BCUT2D eigenvalue weighted by Crippen LogP contribution is 2.24. The van der Waals surface area contributed by atoms with Crippen LogP contribution in [-0.2, 0) is 10.0 Å². The number of unbranched alkanes of at least 4 members (excludes halogenated alkanes) is 1. The summed E-state index contributed by atoms with van der Waals surface area (Å²) in [6.07, 6.45) is 2.98. The van der Waals surface area contributed by atoms with Crippen molar-refractivity contribution in [3.63, 3.8) is 0 Å². The molecule has 1 unspecified atom stereocenters. The Morgan fingerprint density at radius 1 is 1.43 bits per heavy atom. The van der Waals surface area contributed by atoms with E-state index in [1.165, 1.54) is 6.07 Å². The Hall–Kier alpha value is -0.920. The van der Waals surface area contributed by atoms with E-state index in [0.29, 0.717) is 15.6 Å². The SMILES string of the molecule is CCCCC(C)NC(=O)c1cc(Br)cc(S(N)(=O)=O)c1C. The summed E-state index contributed by atoms with van der Waals surface area (Å²) >= 11 is 3.22. The van der Waals surface area contributed by atoms with Crippen LogP contribution in [0.3, 0.4) is 0 Å². The van der Waals surface area contributed by atoms with Crippen molar-refractivity contribution in [3.8, 4) is 0 Å². The Morgan fingerprint density at radius 3 is 2.57 bits per heavy atom. The van der Waals surface area contributed by atoms with Crippen LogP contribution in [0.15, 0.2) is 21.5 Å². The summed E-state index contributed by atoms with van der Waals surface area (Å²) in [7, 11) is -3.86. The fourth-order valence-corrected chi connectivity index (χ4v) is 3.51. The van der Waals surface area contributed by atoms with E-state index < -0.39 is 10.0 Å². The number of hydrogen-bond acceptors (Lipinski definition) is 3. The molecule has 0 fully saturated rings. The van der Waals surface area contributed by atoms with Crippen LogP contribution in [0.4, 0.5) is 0 Å². The Balaban J connectivity index is 3.08. The third kappa shape index (κ3) is 5.09. The van der Waals surface area contributed by atoms with Gasteiger partial charge in [-0.3, -0.25) is 4.79 Å². The lowest BCUT2D eigenvalue weighted by Gasteiger charge is -2.16. The van der Waals surface area contributed by atoms with Gasteiger partial charge >= 0.3 is 0 Å². The number of amides is 1. The molecule has 0 heterocycles. The molecule has 0 aliphatic rings. The summed E-state index contributed by atoms with van der Waals surface area (Å²) in [5.41, 5.74) is 0.678. The molecule has 0 aromatic heterocycles. The molecule has 1 atom stereocenters. The number of sulfonamides is 1. The van der Waals surface area contributed by atoms with E-state index in [-0.39, 0.29) is 16.8 Å². The molecule has 0 radical (unpaired) electrons. The highest BCUT2D eigenvalue weighted by molar-refractivity contribution is 9.10. The smallest absolute Gasteiger partial charge is 0.251 e. The van der Waals surface area contributed by atoms with Crippen molar-refractivity contribution in [2.24, 2.45) is 5.14 Å². The number of nitrogens with two attached hydrogens (primary N) is 1. The molecule has 0 saturated heterocycles. The number of rotatable bonds is 6. The highest BCUT2D eigenvalue weighted by Gasteiger charge is 2.20. The van der Waals surface area contributed by atoms with Gasteiger partial charge in [0.25, 0.3) is 5.91 Å². The van der Waals surface area contributed by atoms with Crippen LogP contribution in [0.5, 0.6) is 0 Å². The van der Waals surface area contributed by atoms with Crippen molar-refractivity contribution in [2.45, 2.75) is 51.0 Å². The molecule has 118 valence electrons. The van der Waals surface area contributed by atoms with Gasteiger partial charge in [0, 0.05) is 16.1 Å². The van der Waals surface area contributed by atoms with Gasteiger partial charge in [0.2, 0.25) is 10.0 Å². The standard InChI is InChI=1S/C14H21BrN2O3S/c1-4-5-6-9(2)17-14(18)12-7-11(15)8-13(10(12)3)21(16,19)20/h7-9H,4-6H2,1-3H3,(H,17,18)(H2,16,19,20). The maximum atomic E-state index is 12.3. The Kier molecular flexibility index (Phi) is 6.37. The number of halogens is 1. The summed E-state index contributed by atoms with van der Waals surface area (Å²) in [6, 6.07) is 3.04. The summed E-state index contributed by atoms with van der Waals surface area (Å²) in [4.78, 5) is 12.3. The van der Waals surface area contributed by atoms with Crippen LogP contribution in [-0.4, -0.2) is 20.4 Å². The van der Waals surface area contributed by atoms with Crippen molar-refractivity contribution in [2.75, 3.05) is 0 Å². The van der Waals surface area contributed by atoms with Crippen LogP contribution in [0.1, 0.15) is 49.0 Å². The van der Waals surface area contributed by atoms with Crippen molar-refractivity contribution in [1.82, 2.24) is 5.32 Å². The van der Waals surface area contributed by atoms with Crippen molar-refractivity contribution in [1.29, 1.82) is 0 Å². The van der Waals surface area contributed by atoms with E-state index in [9.17, 15) is 13.2 Å². The quantitative estimate of drug-likeness (QED) is 0.799. The second-order valence-electron chi connectivity index (χ2n) is 5.14. The molecule has 3 N–H and O–H groups in total. The zero-order valence-corrected chi connectivity index (χ0v) is 14.8. The zero-order valence-electron chi connectivity index (χ0n) is 12.4. The summed E-state index contributed by atoms with van der Waals surface area (Å²) < 4.78 is 23.6. The van der Waals surface area contributed by atoms with Gasteiger partial charge in [-0.25, -0.2) is 13.6 Å². The largest absolute Gasteiger partial charge is 0.350 e. The molecule has 0 spiro atoms. The summed E-state index contributed by atoms with van der Waals surface area (Å²) in [6.45, 7) is 5.60. The van der Waals surface area contributed by atoms with Crippen LogP contribution >= 0.6 is 15.9 Å². The molecule has 5 nitrogen and oxygen atoms in total. The molecule has 1 rings (SSSR count). The van der Waals surface area contributed by atoms with Gasteiger partial charge in [0.1, 0.15) is 0 Å². The molecule has 1 aromatic rings. The third-order valence-electron chi connectivity index (χ3n) is 3.24. The second kappa shape index (κ2) is 7.38. The summed E-state index contributed by atoms with van der Waals surface area (Å²) in [5, 5.41) is 8.06. The number of hydrogen-bond donors (Lipinski definition) is 2. The lowest BCUT2D eigenvalue weighted by Crippen LogP contribution is -2.33. The van der Waals surface area contributed by atoms with E-state index in [0.717, 1.165) is 19.3 Å². The molecule has 0 aliphatic carbocycles. The minimum atomic E-state index is -3.86. The molecule has 1 aromatic carbocycles. The van der Waals surface area contributed by atoms with Gasteiger partial charge in [0.15, 0.2) is 0 Å². The van der Waals surface area contributed by atoms with Gasteiger partial charge in [0.05, 0.1) is 4.90 Å². The highest BCUT2D eigenvalue weighted by atomic mass is 79.9. The number of nitrogens with one attached hydrogen (secondary N) is 1. The van der Waals surface area contributed by atoms with Crippen molar-refractivity contribution in [3.05, 3.63) is 27.7 Å². The fourth-order valence-electron chi connectivity index (χ4n) is 2.07. The topological polar surface area (TPSA) is 89.3 Å². The molecule has 1 amide bonds. The fraction of sp³-hybridized carbons (Fsp3) is 0.500. The molecular weight excluding hydrogens is 356 g/mol. The number of primary sulfonamides is 1. The van der Waals surface area contributed by atoms with Gasteiger partial charge in [-0.2, -0.15) is 0 Å². The van der Waals surface area contributed by atoms with Crippen LogP contribution < -0.4 is 10.5 Å². The lowest BCUT2D eigenvalue weighted by atomic mass is 10.1. The molecule has 0 bridgehead atoms. The van der Waals surface area contributed by atoms with E-state index in [1.54, 1.807) is 13.0 Å². The van der Waals surface area contributed by atoms with Gasteiger partial charge in [-0.15, -0.1) is 0 Å². The van der Waals surface area contributed by atoms with E-state index >= 15 is 0 Å². The first-order valence-corrected chi connectivity index (χ1v) is 9.14. The van der Waals surface area contributed by atoms with Gasteiger partial charge in [-0.1, -0.05) is 35.7 Å². The molecule has 7 heteroatoms. The average Bonchev–Trinajstić information content (AvgIpc) is 2.37. The predicted molar refractivity (Wildman–Crippen MR) is 86.7 cm³/mol. The van der Waals surface area contributed by atoms with Gasteiger partial charge < -0.3 is 5.32 Å². The second-order valence-corrected chi connectivity index (χ2v) is 7.58. The normalized spacial score (nSPS) is 13.0. The Labute approximate surface area is 134 Å². The maximum Gasteiger partial charge on any atom is 0.251 e. The molecule has 21 heavy (non-hydrogen) atoms. The first kappa shape index (κ1) is 18.1.